The Hall–Kier alpha value is -0.633. The summed E-state index contributed by atoms with van der Waals surface area (Å²) in [6, 6.07) is 8.71. The van der Waals surface area contributed by atoms with Crippen molar-refractivity contribution in [1.82, 2.24) is 0 Å². The van der Waals surface area contributed by atoms with E-state index in [1.807, 2.05) is 12.1 Å². The Labute approximate surface area is 113 Å². The molecule has 0 nitrogen and oxygen atoms in total. The molecular weight excluding hydrogens is 239 g/mol. The van der Waals surface area contributed by atoms with Crippen LogP contribution < -0.4 is 0 Å². The van der Waals surface area contributed by atoms with Gasteiger partial charge in [0.05, 0.1) is 0 Å². The molecule has 0 aromatic heterocycles. The summed E-state index contributed by atoms with van der Waals surface area (Å²) < 4.78 is 13.1. The maximum Gasteiger partial charge on any atom is 0.123 e. The first-order valence-electron chi connectivity index (χ1n) is 7.46. The Morgan fingerprint density at radius 1 is 1.17 bits per heavy atom. The Balaban J connectivity index is 2.11. The quantitative estimate of drug-likeness (QED) is 0.705. The Kier molecular flexibility index (Phi) is 4.60. The highest BCUT2D eigenvalue weighted by Crippen LogP contribution is 2.45. The van der Waals surface area contributed by atoms with Crippen LogP contribution in [0, 0.1) is 5.82 Å². The normalized spacial score (nSPS) is 28.9. The van der Waals surface area contributed by atoms with Crippen LogP contribution in [-0.4, -0.2) is 9.52 Å². The fourth-order valence-corrected chi connectivity index (χ4v) is 5.38. The van der Waals surface area contributed by atoms with E-state index in [9.17, 15) is 4.39 Å². The summed E-state index contributed by atoms with van der Waals surface area (Å²) in [5, 5.41) is 0. The molecule has 1 aromatic rings. The van der Waals surface area contributed by atoms with Crippen LogP contribution in [0.3, 0.4) is 0 Å². The molecule has 1 saturated carbocycles. The first kappa shape index (κ1) is 13.8. The molecule has 0 bridgehead atoms. The lowest BCUT2D eigenvalue weighted by Gasteiger charge is -2.40. The molecule has 2 heteroatoms. The lowest BCUT2D eigenvalue weighted by molar-refractivity contribution is 0.282. The molecule has 1 aliphatic carbocycles. The predicted molar refractivity (Wildman–Crippen MR) is 79.6 cm³/mol. The van der Waals surface area contributed by atoms with Gasteiger partial charge in [0.25, 0.3) is 0 Å². The van der Waals surface area contributed by atoms with Crippen molar-refractivity contribution in [3.63, 3.8) is 0 Å². The topological polar surface area (TPSA) is 0 Å². The van der Waals surface area contributed by atoms with Gasteiger partial charge in [0.15, 0.2) is 0 Å². The van der Waals surface area contributed by atoms with Gasteiger partial charge < -0.3 is 0 Å². The second kappa shape index (κ2) is 6.01. The molecule has 0 amide bonds. The van der Waals surface area contributed by atoms with Crippen LogP contribution in [0.1, 0.15) is 51.5 Å². The molecular formula is C16H25FSi. The molecule has 1 fully saturated rings. The highest BCUT2D eigenvalue weighted by atomic mass is 28.2. The Morgan fingerprint density at radius 2 is 1.78 bits per heavy atom. The maximum absolute atomic E-state index is 13.1. The SMILES string of the molecule is CC[SiH2]C1CCC(CC)(c2ccc(F)cc2)CC1. The number of halogens is 1. The average Bonchev–Trinajstić information content (AvgIpc) is 2.41. The summed E-state index contributed by atoms with van der Waals surface area (Å²) in [6.07, 6.45) is 6.63. The Bertz CT molecular complexity index is 363. The Morgan fingerprint density at radius 3 is 2.28 bits per heavy atom. The van der Waals surface area contributed by atoms with Crippen molar-refractivity contribution >= 4 is 9.52 Å². The van der Waals surface area contributed by atoms with Crippen molar-refractivity contribution < 1.29 is 4.39 Å². The maximum atomic E-state index is 13.1. The zero-order valence-corrected chi connectivity index (χ0v) is 13.1. The van der Waals surface area contributed by atoms with E-state index < -0.39 is 0 Å². The van der Waals surface area contributed by atoms with Gasteiger partial charge in [0.2, 0.25) is 0 Å². The fraction of sp³-hybridized carbons (Fsp3) is 0.625. The van der Waals surface area contributed by atoms with Crippen LogP contribution >= 0.6 is 0 Å². The van der Waals surface area contributed by atoms with E-state index in [0.717, 1.165) is 5.54 Å². The summed E-state index contributed by atoms with van der Waals surface area (Å²) >= 11 is 0. The summed E-state index contributed by atoms with van der Waals surface area (Å²) in [5.74, 6) is -0.114. The third-order valence-electron chi connectivity index (χ3n) is 4.89. The van der Waals surface area contributed by atoms with Gasteiger partial charge in [-0.15, -0.1) is 0 Å². The second-order valence-electron chi connectivity index (χ2n) is 5.87. The minimum absolute atomic E-state index is 0.114. The minimum atomic E-state index is -0.114. The highest BCUT2D eigenvalue weighted by molar-refractivity contribution is 6.37. The van der Waals surface area contributed by atoms with Gasteiger partial charge in [0.1, 0.15) is 5.82 Å². The smallest absolute Gasteiger partial charge is 0.123 e. The second-order valence-corrected chi connectivity index (χ2v) is 8.60. The van der Waals surface area contributed by atoms with Crippen molar-refractivity contribution in [3.05, 3.63) is 35.6 Å². The number of benzene rings is 1. The van der Waals surface area contributed by atoms with E-state index in [4.69, 9.17) is 0 Å². The zero-order chi connectivity index (χ0) is 13.0. The van der Waals surface area contributed by atoms with Gasteiger partial charge >= 0.3 is 0 Å². The molecule has 0 N–H and O–H groups in total. The molecule has 2 rings (SSSR count). The lowest BCUT2D eigenvalue weighted by Crippen LogP contribution is -2.31. The molecule has 0 radical (unpaired) electrons. The van der Waals surface area contributed by atoms with E-state index >= 15 is 0 Å². The van der Waals surface area contributed by atoms with Crippen molar-refractivity contribution in [2.75, 3.05) is 0 Å². The third-order valence-corrected chi connectivity index (χ3v) is 7.10. The predicted octanol–water partition coefficient (Wildman–Crippen LogP) is 4.44. The van der Waals surface area contributed by atoms with Gasteiger partial charge in [-0.2, -0.15) is 0 Å². The van der Waals surface area contributed by atoms with Crippen LogP contribution in [0.15, 0.2) is 24.3 Å². The van der Waals surface area contributed by atoms with Gasteiger partial charge in [-0.1, -0.05) is 50.4 Å². The zero-order valence-electron chi connectivity index (χ0n) is 11.7. The van der Waals surface area contributed by atoms with Crippen LogP contribution in [0.5, 0.6) is 0 Å². The standard InChI is InChI=1S/C16H25FSi/c1-3-16(13-5-7-14(17)8-6-13)11-9-15(10-12-16)18-4-2/h5-8,15H,3-4,9-12,18H2,1-2H3. The molecule has 0 atom stereocenters. The third kappa shape index (κ3) is 2.85. The minimum Gasteiger partial charge on any atom is -0.207 e. The molecule has 18 heavy (non-hydrogen) atoms. The molecule has 1 aromatic carbocycles. The van der Waals surface area contributed by atoms with Crippen LogP contribution in [0.2, 0.25) is 11.6 Å². The van der Waals surface area contributed by atoms with Gasteiger partial charge in [-0.3, -0.25) is 0 Å². The van der Waals surface area contributed by atoms with Crippen LogP contribution in [0.25, 0.3) is 0 Å². The van der Waals surface area contributed by atoms with E-state index in [1.165, 1.54) is 43.7 Å². The monoisotopic (exact) mass is 264 g/mol. The molecule has 0 spiro atoms. The summed E-state index contributed by atoms with van der Waals surface area (Å²) in [7, 11) is 0.173. The van der Waals surface area contributed by atoms with Gasteiger partial charge in [-0.05, 0) is 42.4 Å². The first-order valence-corrected chi connectivity index (χ1v) is 9.28. The molecule has 1 aliphatic rings. The summed E-state index contributed by atoms with van der Waals surface area (Å²) in [4.78, 5) is 0. The average molecular weight is 264 g/mol. The lowest BCUT2D eigenvalue weighted by atomic mass is 9.67. The van der Waals surface area contributed by atoms with E-state index in [-0.39, 0.29) is 15.3 Å². The van der Waals surface area contributed by atoms with Crippen LogP contribution in [0.4, 0.5) is 4.39 Å². The largest absolute Gasteiger partial charge is 0.207 e. The van der Waals surface area contributed by atoms with E-state index in [1.54, 1.807) is 12.1 Å². The molecule has 0 saturated heterocycles. The van der Waals surface area contributed by atoms with Gasteiger partial charge in [-0.25, -0.2) is 4.39 Å². The van der Waals surface area contributed by atoms with Crippen LogP contribution in [-0.2, 0) is 5.41 Å². The number of rotatable bonds is 4. The molecule has 0 aliphatic heterocycles. The van der Waals surface area contributed by atoms with Crippen molar-refractivity contribution in [2.24, 2.45) is 0 Å². The molecule has 100 valence electrons. The van der Waals surface area contributed by atoms with Crippen molar-refractivity contribution in [3.8, 4) is 0 Å². The van der Waals surface area contributed by atoms with E-state index in [0.29, 0.717) is 5.41 Å². The van der Waals surface area contributed by atoms with Gasteiger partial charge in [0, 0.05) is 9.52 Å². The number of hydrogen-bond donors (Lipinski definition) is 0. The summed E-state index contributed by atoms with van der Waals surface area (Å²) in [6.45, 7) is 4.63. The fourth-order valence-electron chi connectivity index (χ4n) is 3.58. The first-order chi connectivity index (χ1) is 8.70. The van der Waals surface area contributed by atoms with Crippen molar-refractivity contribution in [1.29, 1.82) is 0 Å². The molecule has 0 unspecified atom stereocenters. The summed E-state index contributed by atoms with van der Waals surface area (Å²) in [5.41, 5.74) is 2.77. The highest BCUT2D eigenvalue weighted by Gasteiger charge is 2.34. The number of hydrogen-bond acceptors (Lipinski definition) is 0. The molecule has 0 heterocycles. The van der Waals surface area contributed by atoms with Crippen molar-refractivity contribution in [2.45, 2.75) is 63.0 Å². The van der Waals surface area contributed by atoms with E-state index in [2.05, 4.69) is 13.8 Å².